The Bertz CT molecular complexity index is 1110. The molecule has 0 saturated carbocycles. The zero-order valence-electron chi connectivity index (χ0n) is 20.6. The molecule has 0 N–H and O–H groups in total. The number of rotatable bonds is 5. The van der Waals surface area contributed by atoms with Crippen molar-refractivity contribution in [3.05, 3.63) is 84.5 Å². The molecule has 0 spiro atoms. The molecule has 1 amide bonds. The van der Waals surface area contributed by atoms with Crippen molar-refractivity contribution >= 4 is 30.6 Å². The van der Waals surface area contributed by atoms with E-state index < -0.39 is 8.32 Å². The van der Waals surface area contributed by atoms with Crippen molar-refractivity contribution in [2.24, 2.45) is 0 Å². The molecule has 182 valence electrons. The minimum atomic E-state index is -2.74. The highest BCUT2D eigenvalue weighted by Gasteiger charge is 2.51. The van der Waals surface area contributed by atoms with Gasteiger partial charge in [0.15, 0.2) is 0 Å². The molecule has 1 fully saturated rings. The van der Waals surface area contributed by atoms with Gasteiger partial charge in [-0.25, -0.2) is 4.79 Å². The van der Waals surface area contributed by atoms with Crippen LogP contribution in [0.3, 0.4) is 0 Å². The van der Waals surface area contributed by atoms with Crippen molar-refractivity contribution in [1.82, 2.24) is 4.90 Å². The number of ether oxygens (including phenoxy) is 1. The number of esters is 1. The van der Waals surface area contributed by atoms with Crippen LogP contribution in [0.4, 0.5) is 0 Å². The monoisotopic (exact) mass is 487 g/mol. The summed E-state index contributed by atoms with van der Waals surface area (Å²) in [5, 5.41) is 2.28. The number of amides is 1. The summed E-state index contributed by atoms with van der Waals surface area (Å²) < 4.78 is 12.8. The van der Waals surface area contributed by atoms with Crippen LogP contribution >= 0.6 is 0 Å². The van der Waals surface area contributed by atoms with E-state index in [0.717, 1.165) is 18.4 Å². The third-order valence-corrected chi connectivity index (χ3v) is 12.5. The molecule has 6 heteroatoms. The standard InChI is InChI=1S/C29H33NO4Si/c1-29(2,3)35(23-11-6-4-7-12-23,24-13-8-5-9-14-24)33-20-22-18-17-21-19-27(32)34-28(21)25-15-10-16-26(31)30(22)25/h4-9,11-14,17-19,22,25,28H,10,15-16,20H2,1-3H3/t22-,25+,28+/m1/s1. The second-order valence-corrected chi connectivity index (χ2v) is 15.0. The number of fused-ring (bicyclic) bond motifs is 3. The van der Waals surface area contributed by atoms with Crippen LogP contribution in [0.2, 0.25) is 5.04 Å². The van der Waals surface area contributed by atoms with E-state index in [1.165, 1.54) is 10.4 Å². The highest BCUT2D eigenvalue weighted by atomic mass is 28.4. The van der Waals surface area contributed by atoms with E-state index in [0.29, 0.717) is 13.0 Å². The van der Waals surface area contributed by atoms with Crippen LogP contribution in [0.25, 0.3) is 0 Å². The van der Waals surface area contributed by atoms with Crippen molar-refractivity contribution < 1.29 is 18.8 Å². The van der Waals surface area contributed by atoms with Crippen molar-refractivity contribution in [2.45, 2.75) is 63.3 Å². The van der Waals surface area contributed by atoms with Crippen LogP contribution in [-0.2, 0) is 18.8 Å². The molecule has 3 aliphatic heterocycles. The number of nitrogens with zero attached hydrogens (tertiary/aromatic N) is 1. The van der Waals surface area contributed by atoms with E-state index >= 15 is 0 Å². The maximum absolute atomic E-state index is 13.2. The first-order valence-corrected chi connectivity index (χ1v) is 14.4. The average Bonchev–Trinajstić information content (AvgIpc) is 3.15. The largest absolute Gasteiger partial charge is 0.452 e. The number of carbonyl (C=O) groups is 2. The van der Waals surface area contributed by atoms with E-state index in [-0.39, 0.29) is 35.1 Å². The van der Waals surface area contributed by atoms with Crippen LogP contribution in [0.1, 0.15) is 40.0 Å². The van der Waals surface area contributed by atoms with Crippen LogP contribution in [0.15, 0.2) is 84.5 Å². The molecule has 0 radical (unpaired) electrons. The zero-order valence-corrected chi connectivity index (χ0v) is 21.6. The summed E-state index contributed by atoms with van der Waals surface area (Å²) in [6.45, 7) is 7.16. The molecule has 0 aromatic heterocycles. The second-order valence-electron chi connectivity index (χ2n) is 10.7. The van der Waals surface area contributed by atoms with Crippen LogP contribution in [0.5, 0.6) is 0 Å². The van der Waals surface area contributed by atoms with Gasteiger partial charge in [0.05, 0.1) is 18.7 Å². The Balaban J connectivity index is 1.56. The maximum atomic E-state index is 13.2. The zero-order chi connectivity index (χ0) is 24.6. The molecule has 2 aromatic rings. The first-order chi connectivity index (χ1) is 16.8. The predicted octanol–water partition coefficient (Wildman–Crippen LogP) is 3.73. The first kappa shape index (κ1) is 23.8. The lowest BCUT2D eigenvalue weighted by Crippen LogP contribution is -2.67. The molecule has 5 nitrogen and oxygen atoms in total. The highest BCUT2D eigenvalue weighted by molar-refractivity contribution is 6.99. The SMILES string of the molecule is CC(C)(C)[Si](OC[C@H]1C=CC2=CC(=O)O[C@@H]2[C@@H]2CCCC(=O)N12)(c1ccccc1)c1ccccc1. The minimum absolute atomic E-state index is 0.103. The topological polar surface area (TPSA) is 55.8 Å². The number of hydrogen-bond donors (Lipinski definition) is 0. The van der Waals surface area contributed by atoms with E-state index in [1.54, 1.807) is 6.08 Å². The molecule has 5 rings (SSSR count). The van der Waals surface area contributed by atoms with Gasteiger partial charge in [0.2, 0.25) is 5.91 Å². The normalized spacial score (nSPS) is 24.4. The Morgan fingerprint density at radius 1 is 1.00 bits per heavy atom. The molecule has 35 heavy (non-hydrogen) atoms. The lowest BCUT2D eigenvalue weighted by atomic mass is 9.93. The lowest BCUT2D eigenvalue weighted by molar-refractivity contribution is -0.150. The third kappa shape index (κ3) is 4.19. The van der Waals surface area contributed by atoms with E-state index in [2.05, 4.69) is 69.3 Å². The van der Waals surface area contributed by atoms with Crippen molar-refractivity contribution in [2.75, 3.05) is 6.61 Å². The molecule has 2 aromatic carbocycles. The molecule has 0 aliphatic carbocycles. The van der Waals surface area contributed by atoms with Gasteiger partial charge >= 0.3 is 5.97 Å². The van der Waals surface area contributed by atoms with Gasteiger partial charge < -0.3 is 14.1 Å². The van der Waals surface area contributed by atoms with Crippen LogP contribution in [0, 0.1) is 0 Å². The molecule has 3 atom stereocenters. The van der Waals surface area contributed by atoms with Crippen molar-refractivity contribution in [3.8, 4) is 0 Å². The Kier molecular flexibility index (Phi) is 6.28. The van der Waals surface area contributed by atoms with E-state index in [4.69, 9.17) is 9.16 Å². The summed E-state index contributed by atoms with van der Waals surface area (Å²) in [6, 6.07) is 20.7. The summed E-state index contributed by atoms with van der Waals surface area (Å²) in [5.74, 6) is -0.221. The number of piperidine rings is 1. The van der Waals surface area contributed by atoms with Gasteiger partial charge in [0.25, 0.3) is 8.32 Å². The molecular formula is C29H33NO4Si. The maximum Gasteiger partial charge on any atom is 0.331 e. The van der Waals surface area contributed by atoms with Gasteiger partial charge in [-0.15, -0.1) is 0 Å². The Hall–Kier alpha value is -2.96. The molecule has 1 saturated heterocycles. The molecule has 0 bridgehead atoms. The highest BCUT2D eigenvalue weighted by Crippen LogP contribution is 2.38. The fraction of sp³-hybridized carbons (Fsp3) is 0.379. The van der Waals surface area contributed by atoms with Gasteiger partial charge in [-0.2, -0.15) is 0 Å². The fourth-order valence-electron chi connectivity index (χ4n) is 5.96. The third-order valence-electron chi connectivity index (χ3n) is 7.50. The van der Waals surface area contributed by atoms with E-state index in [9.17, 15) is 9.59 Å². The second kappa shape index (κ2) is 9.24. The van der Waals surface area contributed by atoms with Crippen molar-refractivity contribution in [3.63, 3.8) is 0 Å². The Labute approximate surface area is 208 Å². The smallest absolute Gasteiger partial charge is 0.331 e. The minimum Gasteiger partial charge on any atom is -0.452 e. The number of hydrogen-bond acceptors (Lipinski definition) is 4. The van der Waals surface area contributed by atoms with Gasteiger partial charge in [-0.3, -0.25) is 4.79 Å². The summed E-state index contributed by atoms with van der Waals surface area (Å²) in [4.78, 5) is 27.1. The first-order valence-electron chi connectivity index (χ1n) is 12.5. The molecule has 3 aliphatic rings. The van der Waals surface area contributed by atoms with Gasteiger partial charge in [-0.05, 0) is 28.3 Å². The van der Waals surface area contributed by atoms with Gasteiger partial charge in [0, 0.05) is 18.1 Å². The number of benzene rings is 2. The summed E-state index contributed by atoms with van der Waals surface area (Å²) >= 11 is 0. The van der Waals surface area contributed by atoms with Crippen LogP contribution in [-0.4, -0.2) is 49.9 Å². The fourth-order valence-corrected chi connectivity index (χ4v) is 10.5. The Morgan fingerprint density at radius 2 is 1.63 bits per heavy atom. The van der Waals surface area contributed by atoms with Crippen LogP contribution < -0.4 is 10.4 Å². The van der Waals surface area contributed by atoms with E-state index in [1.807, 2.05) is 29.2 Å². The predicted molar refractivity (Wildman–Crippen MR) is 139 cm³/mol. The summed E-state index contributed by atoms with van der Waals surface area (Å²) in [6.07, 6.45) is 7.30. The van der Waals surface area contributed by atoms with Gasteiger partial charge in [-0.1, -0.05) is 93.6 Å². The summed E-state index contributed by atoms with van der Waals surface area (Å²) in [5.41, 5.74) is 0.854. The molecular weight excluding hydrogens is 454 g/mol. The molecule has 3 heterocycles. The van der Waals surface area contributed by atoms with Crippen molar-refractivity contribution in [1.29, 1.82) is 0 Å². The van der Waals surface area contributed by atoms with Gasteiger partial charge in [0.1, 0.15) is 6.10 Å². The quantitative estimate of drug-likeness (QED) is 0.476. The Morgan fingerprint density at radius 3 is 2.23 bits per heavy atom. The lowest BCUT2D eigenvalue weighted by Gasteiger charge is -2.46. The number of carbonyl (C=O) groups excluding carboxylic acids is 2. The molecule has 0 unspecified atom stereocenters. The summed E-state index contributed by atoms with van der Waals surface area (Å²) in [7, 11) is -2.74. The average molecular weight is 488 g/mol.